The van der Waals surface area contributed by atoms with Crippen LogP contribution in [0.25, 0.3) is 11.3 Å². The number of nitrogens with zero attached hydrogens (tertiary/aromatic N) is 1. The van der Waals surface area contributed by atoms with Crippen LogP contribution in [0.5, 0.6) is 0 Å². The average molecular weight is 255 g/mol. The number of aromatic amines is 3. The Morgan fingerprint density at radius 1 is 1.22 bits per heavy atom. The molecule has 0 aromatic carbocycles. The molecule has 0 radical (unpaired) electrons. The average Bonchev–Trinajstić information content (AvgIpc) is 2.74. The second-order valence-electron chi connectivity index (χ2n) is 3.49. The zero-order chi connectivity index (χ0) is 13.3. The number of carbonyl (C=O) groups excluding carboxylic acids is 1. The Kier molecular flexibility index (Phi) is 2.75. The van der Waals surface area contributed by atoms with Crippen LogP contribution in [0.3, 0.4) is 0 Å². The zero-order valence-corrected chi connectivity index (χ0v) is 8.94. The van der Waals surface area contributed by atoms with Crippen molar-refractivity contribution in [1.82, 2.24) is 24.8 Å². The molecule has 1 amide bonds. The molecule has 0 aliphatic rings. The van der Waals surface area contributed by atoms with E-state index in [4.69, 9.17) is 5.11 Å². The number of rotatable bonds is 4. The lowest BCUT2D eigenvalue weighted by Crippen LogP contribution is -2.34. The number of hydrogen-bond acceptors (Lipinski definition) is 4. The predicted molar refractivity (Wildman–Crippen MR) is 58.2 cm³/mol. The number of hydrogen-bond donors (Lipinski definition) is 5. The molecule has 0 bridgehead atoms. The second-order valence-corrected chi connectivity index (χ2v) is 3.49. The van der Waals surface area contributed by atoms with Gasteiger partial charge in [-0.3, -0.25) is 29.1 Å². The van der Waals surface area contributed by atoms with E-state index in [-0.39, 0.29) is 17.8 Å². The topological polar surface area (TPSA) is 153 Å². The molecule has 0 unspecified atom stereocenters. The van der Waals surface area contributed by atoms with Gasteiger partial charge in [0.05, 0.1) is 0 Å². The van der Waals surface area contributed by atoms with Gasteiger partial charge in [-0.15, -0.1) is 0 Å². The normalized spacial score (nSPS) is 10.7. The van der Waals surface area contributed by atoms with E-state index in [1.807, 2.05) is 0 Å². The van der Waals surface area contributed by atoms with Gasteiger partial charge in [0.25, 0.3) is 0 Å². The van der Waals surface area contributed by atoms with E-state index >= 15 is 0 Å². The maximum Gasteiger partial charge on any atom is 0.329 e. The SMILES string of the molecule is O=C(O)CNC(=O)Cn1c(=O)[nH]c2[nH]c(=O)[nH]c21. The zero-order valence-electron chi connectivity index (χ0n) is 8.94. The van der Waals surface area contributed by atoms with Gasteiger partial charge in [0.2, 0.25) is 5.91 Å². The van der Waals surface area contributed by atoms with E-state index in [0.29, 0.717) is 0 Å². The van der Waals surface area contributed by atoms with Gasteiger partial charge in [-0.25, -0.2) is 9.59 Å². The molecule has 18 heavy (non-hydrogen) atoms. The van der Waals surface area contributed by atoms with E-state index in [0.717, 1.165) is 4.57 Å². The second kappa shape index (κ2) is 4.24. The summed E-state index contributed by atoms with van der Waals surface area (Å²) in [6.45, 7) is -0.926. The highest BCUT2D eigenvalue weighted by molar-refractivity contribution is 5.82. The summed E-state index contributed by atoms with van der Waals surface area (Å²) in [6, 6.07) is 0. The number of carboxylic acid groups (broad SMARTS) is 1. The third kappa shape index (κ3) is 2.16. The minimum atomic E-state index is -1.19. The molecule has 0 aliphatic carbocycles. The fourth-order valence-corrected chi connectivity index (χ4v) is 1.47. The molecule has 0 spiro atoms. The van der Waals surface area contributed by atoms with Crippen molar-refractivity contribution in [3.8, 4) is 0 Å². The lowest BCUT2D eigenvalue weighted by Gasteiger charge is -2.02. The first kappa shape index (κ1) is 11.7. The van der Waals surface area contributed by atoms with Crippen molar-refractivity contribution in [2.45, 2.75) is 6.54 Å². The number of imidazole rings is 2. The predicted octanol–water partition coefficient (Wildman–Crippen LogP) is -2.45. The van der Waals surface area contributed by atoms with Gasteiger partial charge in [-0.05, 0) is 0 Å². The lowest BCUT2D eigenvalue weighted by atomic mass is 10.5. The van der Waals surface area contributed by atoms with Crippen molar-refractivity contribution in [2.24, 2.45) is 0 Å². The number of aromatic nitrogens is 4. The first-order chi connectivity index (χ1) is 8.47. The van der Waals surface area contributed by atoms with Crippen LogP contribution in [0.15, 0.2) is 9.59 Å². The van der Waals surface area contributed by atoms with Gasteiger partial charge in [0.15, 0.2) is 11.3 Å². The molecule has 0 aliphatic heterocycles. The van der Waals surface area contributed by atoms with Crippen molar-refractivity contribution >= 4 is 23.2 Å². The van der Waals surface area contributed by atoms with Crippen LogP contribution in [-0.4, -0.2) is 43.0 Å². The largest absolute Gasteiger partial charge is 0.480 e. The first-order valence-electron chi connectivity index (χ1n) is 4.86. The van der Waals surface area contributed by atoms with E-state index in [1.165, 1.54) is 0 Å². The summed E-state index contributed by atoms with van der Waals surface area (Å²) in [5.74, 6) is -1.84. The molecule has 0 fully saturated rings. The number of H-pyrrole nitrogens is 3. The number of aliphatic carboxylic acids is 1. The number of amides is 1. The third-order valence-electron chi connectivity index (χ3n) is 2.19. The van der Waals surface area contributed by atoms with E-state index in [1.54, 1.807) is 0 Å². The fourth-order valence-electron chi connectivity index (χ4n) is 1.47. The summed E-state index contributed by atoms with van der Waals surface area (Å²) in [5, 5.41) is 10.5. The highest BCUT2D eigenvalue weighted by Gasteiger charge is 2.13. The Labute approximate surface area is 97.6 Å². The molecular weight excluding hydrogens is 246 g/mol. The minimum absolute atomic E-state index is 0.149. The van der Waals surface area contributed by atoms with E-state index in [9.17, 15) is 19.2 Å². The fraction of sp³-hybridized carbons (Fsp3) is 0.250. The molecule has 10 nitrogen and oxygen atoms in total. The van der Waals surface area contributed by atoms with Crippen LogP contribution in [0.2, 0.25) is 0 Å². The number of carboxylic acids is 1. The molecule has 2 aromatic heterocycles. The van der Waals surface area contributed by atoms with Crippen molar-refractivity contribution in [3.63, 3.8) is 0 Å². The minimum Gasteiger partial charge on any atom is -0.480 e. The monoisotopic (exact) mass is 255 g/mol. The van der Waals surface area contributed by atoms with Gasteiger partial charge in [-0.1, -0.05) is 0 Å². The van der Waals surface area contributed by atoms with Crippen LogP contribution in [0.4, 0.5) is 0 Å². The molecule has 5 N–H and O–H groups in total. The Bertz CT molecular complexity index is 716. The number of carbonyl (C=O) groups is 2. The summed E-state index contributed by atoms with van der Waals surface area (Å²) in [5.41, 5.74) is -0.777. The molecule has 2 rings (SSSR count). The molecule has 0 saturated carbocycles. The van der Waals surface area contributed by atoms with Crippen LogP contribution in [0.1, 0.15) is 0 Å². The highest BCUT2D eigenvalue weighted by atomic mass is 16.4. The Hall–Kier alpha value is -2.78. The Morgan fingerprint density at radius 2 is 1.94 bits per heavy atom. The summed E-state index contributed by atoms with van der Waals surface area (Å²) >= 11 is 0. The number of fused-ring (bicyclic) bond motifs is 1. The Balaban J connectivity index is 2.23. The van der Waals surface area contributed by atoms with Crippen molar-refractivity contribution < 1.29 is 14.7 Å². The van der Waals surface area contributed by atoms with Gasteiger partial charge >= 0.3 is 17.3 Å². The molecule has 0 saturated heterocycles. The maximum absolute atomic E-state index is 11.5. The standard InChI is InChI=1S/C8H9N5O5/c14-3(9-1-4(15)16)2-13-6-5(11-8(13)18)10-7(17)12-6/h1-2H2,(H,9,14)(H,11,18)(H,15,16)(H2,10,12,17). The molecular formula is C8H9N5O5. The summed E-state index contributed by atoms with van der Waals surface area (Å²) < 4.78 is 0.990. The number of nitrogens with one attached hydrogen (secondary N) is 4. The van der Waals surface area contributed by atoms with E-state index in [2.05, 4.69) is 20.3 Å². The van der Waals surface area contributed by atoms with Crippen molar-refractivity contribution in [1.29, 1.82) is 0 Å². The molecule has 2 aromatic rings. The summed E-state index contributed by atoms with van der Waals surface area (Å²) in [4.78, 5) is 51.1. The van der Waals surface area contributed by atoms with Gasteiger partial charge < -0.3 is 10.4 Å². The Morgan fingerprint density at radius 3 is 2.61 bits per heavy atom. The molecule has 96 valence electrons. The van der Waals surface area contributed by atoms with Gasteiger partial charge in [0, 0.05) is 0 Å². The molecule has 2 heterocycles. The van der Waals surface area contributed by atoms with Crippen molar-refractivity contribution in [3.05, 3.63) is 21.0 Å². The van der Waals surface area contributed by atoms with E-state index < -0.39 is 29.8 Å². The highest BCUT2D eigenvalue weighted by Crippen LogP contribution is 1.99. The van der Waals surface area contributed by atoms with Gasteiger partial charge in [-0.2, -0.15) is 0 Å². The quantitative estimate of drug-likeness (QED) is 0.410. The summed E-state index contributed by atoms with van der Waals surface area (Å²) in [6.07, 6.45) is 0. The van der Waals surface area contributed by atoms with Crippen LogP contribution < -0.4 is 16.7 Å². The first-order valence-corrected chi connectivity index (χ1v) is 4.86. The summed E-state index contributed by atoms with van der Waals surface area (Å²) in [7, 11) is 0. The molecule has 0 atom stereocenters. The van der Waals surface area contributed by atoms with Crippen LogP contribution in [-0.2, 0) is 16.1 Å². The maximum atomic E-state index is 11.5. The third-order valence-corrected chi connectivity index (χ3v) is 2.19. The van der Waals surface area contributed by atoms with Crippen LogP contribution in [0, 0.1) is 0 Å². The van der Waals surface area contributed by atoms with Crippen LogP contribution >= 0.6 is 0 Å². The smallest absolute Gasteiger partial charge is 0.329 e. The molecule has 10 heteroatoms. The van der Waals surface area contributed by atoms with Gasteiger partial charge in [0.1, 0.15) is 13.1 Å². The lowest BCUT2D eigenvalue weighted by molar-refractivity contribution is -0.138. The van der Waals surface area contributed by atoms with Crippen molar-refractivity contribution in [2.75, 3.05) is 6.54 Å².